The van der Waals surface area contributed by atoms with Gasteiger partial charge in [-0.15, -0.1) is 0 Å². The highest BCUT2D eigenvalue weighted by Crippen LogP contribution is 2.37. The zero-order valence-corrected chi connectivity index (χ0v) is 23.1. The highest BCUT2D eigenvalue weighted by atomic mass is 16.4. The number of rotatable bonds is 5. The monoisotopic (exact) mass is 551 g/mol. The van der Waals surface area contributed by atoms with E-state index in [4.69, 9.17) is 0 Å². The van der Waals surface area contributed by atoms with E-state index < -0.39 is 24.1 Å². The highest BCUT2D eigenvalue weighted by molar-refractivity contribution is 6.01. The molecule has 2 fully saturated rings. The number of carbonyl (C=O) groups is 3. The number of para-hydroxylation sites is 2. The van der Waals surface area contributed by atoms with Gasteiger partial charge in [-0.25, -0.2) is 14.4 Å². The zero-order valence-electron chi connectivity index (χ0n) is 23.1. The van der Waals surface area contributed by atoms with Crippen LogP contribution in [-0.4, -0.2) is 74.1 Å². The first kappa shape index (κ1) is 26.4. The second-order valence-corrected chi connectivity index (χ2v) is 10.9. The number of anilines is 2. The number of aliphatic carboxylic acids is 1. The first-order valence-electron chi connectivity index (χ1n) is 13.8. The van der Waals surface area contributed by atoms with Crippen LogP contribution in [0.2, 0.25) is 0 Å². The number of hydrogen-bond acceptors (Lipinski definition) is 3. The van der Waals surface area contributed by atoms with Crippen molar-refractivity contribution in [2.45, 2.75) is 37.5 Å². The van der Waals surface area contributed by atoms with Crippen LogP contribution in [0.1, 0.15) is 18.4 Å². The summed E-state index contributed by atoms with van der Waals surface area (Å²) in [5, 5.41) is 11.5. The molecule has 6 rings (SSSR count). The Balaban J connectivity index is 1.26. The summed E-state index contributed by atoms with van der Waals surface area (Å²) in [7, 11) is 3.74. The maximum Gasteiger partial charge on any atom is 0.329 e. The van der Waals surface area contributed by atoms with Gasteiger partial charge in [-0.2, -0.15) is 0 Å². The summed E-state index contributed by atoms with van der Waals surface area (Å²) >= 11 is 0. The third-order valence-electron chi connectivity index (χ3n) is 8.29. The van der Waals surface area contributed by atoms with Gasteiger partial charge in [0, 0.05) is 38.9 Å². The Kier molecular flexibility index (Phi) is 6.86. The normalized spacial score (nSPS) is 19.8. The Morgan fingerprint density at radius 1 is 0.878 bits per heavy atom. The van der Waals surface area contributed by atoms with Gasteiger partial charge in [0.15, 0.2) is 6.04 Å². The van der Waals surface area contributed by atoms with E-state index in [1.807, 2.05) is 90.6 Å². The number of hydrogen-bond donors (Lipinski definition) is 1. The molecule has 1 aromatic heterocycles. The van der Waals surface area contributed by atoms with Crippen molar-refractivity contribution >= 4 is 40.3 Å². The van der Waals surface area contributed by atoms with Gasteiger partial charge in [-0.1, -0.05) is 48.5 Å². The molecule has 0 aliphatic carbocycles. The van der Waals surface area contributed by atoms with Gasteiger partial charge in [0.25, 0.3) is 0 Å². The maximum atomic E-state index is 14.2. The fourth-order valence-corrected chi connectivity index (χ4v) is 6.34. The van der Waals surface area contributed by atoms with Crippen molar-refractivity contribution in [2.24, 2.45) is 7.05 Å². The van der Waals surface area contributed by atoms with Crippen LogP contribution in [0.25, 0.3) is 10.9 Å². The molecule has 4 aromatic rings. The molecule has 9 heteroatoms. The van der Waals surface area contributed by atoms with Gasteiger partial charge in [0.2, 0.25) is 0 Å². The standard InChI is InChI=1S/C32H33N5O4/c1-33-18-17-23-14-13-22(19-28(23)33)20-34(2)31(40)37-26-15-16-27(37)29(30(38)39)35(21-26)32(41)36(24-9-5-3-6-10-24)25-11-7-4-8-12-25/h3-14,17-19,26-27,29H,15-16,20-21H2,1-2H3,(H,38,39)/t26-,27+,29-/m0/s1. The van der Waals surface area contributed by atoms with Crippen molar-refractivity contribution in [2.75, 3.05) is 18.5 Å². The van der Waals surface area contributed by atoms with E-state index in [1.165, 1.54) is 4.90 Å². The van der Waals surface area contributed by atoms with Gasteiger partial charge >= 0.3 is 18.0 Å². The van der Waals surface area contributed by atoms with Crippen LogP contribution in [0.4, 0.5) is 21.0 Å². The quantitative estimate of drug-likeness (QED) is 0.365. The molecule has 0 saturated carbocycles. The average Bonchev–Trinajstić information content (AvgIpc) is 3.50. The van der Waals surface area contributed by atoms with E-state index in [-0.39, 0.29) is 18.6 Å². The first-order chi connectivity index (χ1) is 19.8. The topological polar surface area (TPSA) is 89.3 Å². The Bertz CT molecular complexity index is 1550. The molecule has 41 heavy (non-hydrogen) atoms. The summed E-state index contributed by atoms with van der Waals surface area (Å²) in [6.45, 7) is 0.545. The summed E-state index contributed by atoms with van der Waals surface area (Å²) in [5.74, 6) is -1.11. The molecular formula is C32H33N5O4. The van der Waals surface area contributed by atoms with Crippen molar-refractivity contribution in [3.8, 4) is 0 Å². The fourth-order valence-electron chi connectivity index (χ4n) is 6.34. The summed E-state index contributed by atoms with van der Waals surface area (Å²) in [4.78, 5) is 47.1. The Hall–Kier alpha value is -4.79. The summed E-state index contributed by atoms with van der Waals surface area (Å²) < 4.78 is 2.04. The summed E-state index contributed by atoms with van der Waals surface area (Å²) in [6.07, 6.45) is 3.17. The smallest absolute Gasteiger partial charge is 0.329 e. The number of carboxylic acids is 1. The molecule has 2 saturated heterocycles. The van der Waals surface area contributed by atoms with E-state index >= 15 is 0 Å². The molecule has 3 aromatic carbocycles. The zero-order chi connectivity index (χ0) is 28.7. The van der Waals surface area contributed by atoms with Crippen molar-refractivity contribution < 1.29 is 19.5 Å². The van der Waals surface area contributed by atoms with E-state index in [9.17, 15) is 19.5 Å². The van der Waals surface area contributed by atoms with Crippen LogP contribution in [-0.2, 0) is 18.4 Å². The van der Waals surface area contributed by atoms with Crippen molar-refractivity contribution in [3.05, 3.63) is 96.7 Å². The van der Waals surface area contributed by atoms with E-state index in [1.54, 1.807) is 21.7 Å². The van der Waals surface area contributed by atoms with Crippen LogP contribution >= 0.6 is 0 Å². The second-order valence-electron chi connectivity index (χ2n) is 10.9. The minimum Gasteiger partial charge on any atom is -0.480 e. The second kappa shape index (κ2) is 10.6. The lowest BCUT2D eigenvalue weighted by Crippen LogP contribution is -2.67. The van der Waals surface area contributed by atoms with Gasteiger partial charge in [0.1, 0.15) is 0 Å². The lowest BCUT2D eigenvalue weighted by molar-refractivity contribution is -0.145. The average molecular weight is 552 g/mol. The third-order valence-corrected chi connectivity index (χ3v) is 8.29. The Labute approximate surface area is 238 Å². The Morgan fingerprint density at radius 2 is 1.54 bits per heavy atom. The molecule has 0 unspecified atom stereocenters. The minimum absolute atomic E-state index is 0.150. The SMILES string of the molecule is CN(Cc1ccc2ccn(C)c2c1)C(=O)N1[C@H]2CC[C@@H]1[C@@H](C(=O)O)N(C(=O)N(c1ccccc1)c1ccccc1)C2. The third kappa shape index (κ3) is 4.77. The predicted octanol–water partition coefficient (Wildman–Crippen LogP) is 5.29. The van der Waals surface area contributed by atoms with E-state index in [0.717, 1.165) is 16.5 Å². The molecule has 2 aliphatic rings. The number of likely N-dealkylation sites (tertiary alicyclic amines) is 1. The molecule has 0 radical (unpaired) electrons. The Morgan fingerprint density at radius 3 is 2.17 bits per heavy atom. The lowest BCUT2D eigenvalue weighted by Gasteiger charge is -2.47. The van der Waals surface area contributed by atoms with Crippen molar-refractivity contribution in [3.63, 3.8) is 0 Å². The predicted molar refractivity (Wildman–Crippen MR) is 157 cm³/mol. The molecule has 0 spiro atoms. The number of benzene rings is 3. The molecule has 3 atom stereocenters. The number of carbonyl (C=O) groups excluding carboxylic acids is 2. The lowest BCUT2D eigenvalue weighted by atomic mass is 10.0. The number of nitrogens with zero attached hydrogens (tertiary/aromatic N) is 5. The van der Waals surface area contributed by atoms with Gasteiger partial charge in [0.05, 0.1) is 23.5 Å². The summed E-state index contributed by atoms with van der Waals surface area (Å²) in [5.41, 5.74) is 3.37. The molecule has 3 heterocycles. The van der Waals surface area contributed by atoms with Gasteiger partial charge in [-0.05, 0) is 60.2 Å². The van der Waals surface area contributed by atoms with Crippen LogP contribution in [0.3, 0.4) is 0 Å². The number of urea groups is 2. The van der Waals surface area contributed by atoms with Gasteiger partial charge < -0.3 is 24.4 Å². The number of piperazine rings is 1. The highest BCUT2D eigenvalue weighted by Gasteiger charge is 2.54. The van der Waals surface area contributed by atoms with Crippen LogP contribution in [0.15, 0.2) is 91.1 Å². The molecular weight excluding hydrogens is 518 g/mol. The number of carboxylic acid groups (broad SMARTS) is 1. The van der Waals surface area contributed by atoms with E-state index in [2.05, 4.69) is 12.1 Å². The van der Waals surface area contributed by atoms with Crippen LogP contribution < -0.4 is 4.90 Å². The van der Waals surface area contributed by atoms with E-state index in [0.29, 0.717) is 30.8 Å². The van der Waals surface area contributed by atoms with Crippen LogP contribution in [0, 0.1) is 0 Å². The number of aryl methyl sites for hydroxylation is 1. The largest absolute Gasteiger partial charge is 0.480 e. The van der Waals surface area contributed by atoms with Gasteiger partial charge in [-0.3, -0.25) is 4.90 Å². The fraction of sp³-hybridized carbons (Fsp3) is 0.281. The summed E-state index contributed by atoms with van der Waals surface area (Å²) in [6, 6.07) is 24.0. The molecule has 2 aliphatic heterocycles. The van der Waals surface area contributed by atoms with Crippen LogP contribution in [0.5, 0.6) is 0 Å². The molecule has 210 valence electrons. The van der Waals surface area contributed by atoms with Crippen molar-refractivity contribution in [1.29, 1.82) is 0 Å². The number of fused-ring (bicyclic) bond motifs is 3. The molecule has 1 N–H and O–H groups in total. The van der Waals surface area contributed by atoms with Crippen molar-refractivity contribution in [1.82, 2.24) is 19.3 Å². The maximum absolute atomic E-state index is 14.2. The first-order valence-corrected chi connectivity index (χ1v) is 13.8. The molecule has 4 amide bonds. The minimum atomic E-state index is -1.16. The number of amides is 4. The molecule has 9 nitrogen and oxygen atoms in total. The number of aromatic nitrogens is 1. The molecule has 2 bridgehead atoms.